The highest BCUT2D eigenvalue weighted by Crippen LogP contribution is 2.01. The summed E-state index contributed by atoms with van der Waals surface area (Å²) in [4.78, 5) is 29.3. The molecule has 0 aliphatic heterocycles. The molecule has 2 rings (SSSR count). The Kier molecular flexibility index (Phi) is 2.16. The summed E-state index contributed by atoms with van der Waals surface area (Å²) < 4.78 is 2.48. The van der Waals surface area contributed by atoms with E-state index in [9.17, 15) is 9.59 Å². The van der Waals surface area contributed by atoms with Crippen molar-refractivity contribution in [2.45, 2.75) is 6.54 Å². The van der Waals surface area contributed by atoms with E-state index in [1.807, 2.05) is 0 Å². The minimum absolute atomic E-state index is 0.0895. The fraction of sp³-hybridized carbons (Fsp3) is 0.375. The maximum Gasteiger partial charge on any atom is 0.329 e. The number of aromatic nitrogens is 4. The summed E-state index contributed by atoms with van der Waals surface area (Å²) in [5, 5.41) is 8.78. The van der Waals surface area contributed by atoms with Crippen LogP contribution < -0.4 is 11.2 Å². The van der Waals surface area contributed by atoms with E-state index in [1.54, 1.807) is 0 Å². The molecule has 80 valence electrons. The summed E-state index contributed by atoms with van der Waals surface area (Å²) in [6, 6.07) is 0. The van der Waals surface area contributed by atoms with E-state index < -0.39 is 11.2 Å². The van der Waals surface area contributed by atoms with Gasteiger partial charge >= 0.3 is 5.69 Å². The second-order valence-electron chi connectivity index (χ2n) is 3.15. The van der Waals surface area contributed by atoms with Crippen LogP contribution in [0, 0.1) is 0 Å². The normalized spacial score (nSPS) is 11.1. The van der Waals surface area contributed by atoms with Crippen LogP contribution in [0.4, 0.5) is 0 Å². The van der Waals surface area contributed by atoms with Gasteiger partial charge in [0, 0.05) is 13.6 Å². The molecule has 0 aliphatic rings. The number of aliphatic hydroxyl groups is 1. The van der Waals surface area contributed by atoms with E-state index in [0.717, 1.165) is 4.57 Å². The summed E-state index contributed by atoms with van der Waals surface area (Å²) in [6.07, 6.45) is 1.41. The Hall–Kier alpha value is -1.89. The van der Waals surface area contributed by atoms with E-state index in [1.165, 1.54) is 17.9 Å². The molecule has 0 unspecified atom stereocenters. The molecule has 2 N–H and O–H groups in total. The lowest BCUT2D eigenvalue weighted by Crippen LogP contribution is -2.33. The van der Waals surface area contributed by atoms with Crippen molar-refractivity contribution in [3.63, 3.8) is 0 Å². The van der Waals surface area contributed by atoms with Crippen molar-refractivity contribution in [3.05, 3.63) is 27.2 Å². The number of rotatable bonds is 2. The first-order valence-corrected chi connectivity index (χ1v) is 4.40. The number of hydrogen-bond donors (Lipinski definition) is 2. The van der Waals surface area contributed by atoms with Crippen LogP contribution in [-0.4, -0.2) is 30.8 Å². The highest BCUT2D eigenvalue weighted by atomic mass is 16.3. The van der Waals surface area contributed by atoms with Crippen molar-refractivity contribution >= 4 is 11.2 Å². The van der Waals surface area contributed by atoms with Gasteiger partial charge in [0.15, 0.2) is 11.2 Å². The van der Waals surface area contributed by atoms with E-state index in [0.29, 0.717) is 5.52 Å². The molecule has 2 aromatic heterocycles. The molecule has 15 heavy (non-hydrogen) atoms. The van der Waals surface area contributed by atoms with Gasteiger partial charge in [-0.1, -0.05) is 0 Å². The van der Waals surface area contributed by atoms with Crippen LogP contribution >= 0.6 is 0 Å². The smallest absolute Gasteiger partial charge is 0.329 e. The lowest BCUT2D eigenvalue weighted by molar-refractivity contribution is 0.277. The molecule has 0 bridgehead atoms. The van der Waals surface area contributed by atoms with Crippen molar-refractivity contribution in [3.8, 4) is 0 Å². The molecule has 0 spiro atoms. The third-order valence-corrected chi connectivity index (χ3v) is 2.22. The number of fused-ring (bicyclic) bond motifs is 1. The Morgan fingerprint density at radius 3 is 2.93 bits per heavy atom. The molecule has 0 saturated carbocycles. The molecule has 0 aromatic carbocycles. The monoisotopic (exact) mass is 210 g/mol. The van der Waals surface area contributed by atoms with Gasteiger partial charge < -0.3 is 9.67 Å². The number of H-pyrrole nitrogens is 1. The molecule has 0 aliphatic carbocycles. The van der Waals surface area contributed by atoms with Gasteiger partial charge in [-0.25, -0.2) is 9.78 Å². The van der Waals surface area contributed by atoms with Crippen LogP contribution in [0.5, 0.6) is 0 Å². The zero-order valence-corrected chi connectivity index (χ0v) is 8.10. The Morgan fingerprint density at radius 1 is 1.53 bits per heavy atom. The van der Waals surface area contributed by atoms with Gasteiger partial charge in [0.1, 0.15) is 0 Å². The maximum absolute atomic E-state index is 11.7. The Bertz CT molecular complexity index is 606. The fourth-order valence-corrected chi connectivity index (χ4v) is 1.41. The summed E-state index contributed by atoms with van der Waals surface area (Å²) >= 11 is 0. The second kappa shape index (κ2) is 3.35. The predicted molar refractivity (Wildman–Crippen MR) is 52.7 cm³/mol. The number of nitrogens with one attached hydrogen (secondary N) is 1. The Balaban J connectivity index is 2.86. The number of nitrogens with zero attached hydrogens (tertiary/aromatic N) is 3. The lowest BCUT2D eigenvalue weighted by Gasteiger charge is -2.00. The first kappa shape index (κ1) is 9.66. The van der Waals surface area contributed by atoms with Gasteiger partial charge in [-0.2, -0.15) is 0 Å². The topological polar surface area (TPSA) is 92.9 Å². The molecule has 0 radical (unpaired) electrons. The van der Waals surface area contributed by atoms with Crippen LogP contribution in [0.25, 0.3) is 11.2 Å². The minimum atomic E-state index is -0.498. The SMILES string of the molecule is Cn1c(=O)[nH]c2ncn(CCO)c2c1=O. The molecule has 7 heteroatoms. The first-order chi connectivity index (χ1) is 7.15. The quantitative estimate of drug-likeness (QED) is 0.625. The molecule has 0 saturated heterocycles. The van der Waals surface area contributed by atoms with E-state index in [-0.39, 0.29) is 18.8 Å². The van der Waals surface area contributed by atoms with Gasteiger partial charge in [-0.15, -0.1) is 0 Å². The molecule has 0 fully saturated rings. The second-order valence-corrected chi connectivity index (χ2v) is 3.15. The number of aliphatic hydroxyl groups excluding tert-OH is 1. The van der Waals surface area contributed by atoms with Crippen molar-refractivity contribution in [2.24, 2.45) is 7.05 Å². The molecule has 0 amide bonds. The zero-order valence-electron chi connectivity index (χ0n) is 8.10. The first-order valence-electron chi connectivity index (χ1n) is 4.40. The molecular formula is C8H10N4O3. The number of aromatic amines is 1. The number of hydrogen-bond acceptors (Lipinski definition) is 4. The third kappa shape index (κ3) is 1.37. The van der Waals surface area contributed by atoms with Crippen LogP contribution in [0.15, 0.2) is 15.9 Å². The Labute approximate surface area is 83.6 Å². The Morgan fingerprint density at radius 2 is 2.27 bits per heavy atom. The van der Waals surface area contributed by atoms with Crippen LogP contribution in [0.3, 0.4) is 0 Å². The molecule has 0 atom stereocenters. The average Bonchev–Trinajstić information content (AvgIpc) is 2.59. The van der Waals surface area contributed by atoms with Crippen molar-refractivity contribution < 1.29 is 5.11 Å². The van der Waals surface area contributed by atoms with Crippen molar-refractivity contribution in [1.82, 2.24) is 19.1 Å². The molecule has 2 heterocycles. The highest BCUT2D eigenvalue weighted by molar-refractivity contribution is 5.68. The van der Waals surface area contributed by atoms with Crippen molar-refractivity contribution in [2.75, 3.05) is 6.61 Å². The predicted octanol–water partition coefficient (Wildman–Crippen LogP) is -1.58. The van der Waals surface area contributed by atoms with E-state index >= 15 is 0 Å². The van der Waals surface area contributed by atoms with Gasteiger partial charge in [0.25, 0.3) is 5.56 Å². The average molecular weight is 210 g/mol. The molecule has 2 aromatic rings. The molecule has 7 nitrogen and oxygen atoms in total. The summed E-state index contributed by atoms with van der Waals surface area (Å²) in [5.41, 5.74) is -0.371. The van der Waals surface area contributed by atoms with Crippen LogP contribution in [-0.2, 0) is 13.6 Å². The van der Waals surface area contributed by atoms with Crippen LogP contribution in [0.1, 0.15) is 0 Å². The van der Waals surface area contributed by atoms with E-state index in [4.69, 9.17) is 5.11 Å². The molecular weight excluding hydrogens is 200 g/mol. The van der Waals surface area contributed by atoms with Gasteiger partial charge in [0.05, 0.1) is 12.9 Å². The minimum Gasteiger partial charge on any atom is -0.395 e. The summed E-state index contributed by atoms with van der Waals surface area (Å²) in [5.74, 6) is 0. The fourth-order valence-electron chi connectivity index (χ4n) is 1.41. The van der Waals surface area contributed by atoms with E-state index in [2.05, 4.69) is 9.97 Å². The zero-order chi connectivity index (χ0) is 11.0. The number of imidazole rings is 1. The van der Waals surface area contributed by atoms with Gasteiger partial charge in [0.2, 0.25) is 0 Å². The van der Waals surface area contributed by atoms with Gasteiger partial charge in [-0.3, -0.25) is 14.3 Å². The summed E-state index contributed by atoms with van der Waals surface area (Å²) in [6.45, 7) is 0.186. The van der Waals surface area contributed by atoms with Gasteiger partial charge in [-0.05, 0) is 0 Å². The highest BCUT2D eigenvalue weighted by Gasteiger charge is 2.10. The largest absolute Gasteiger partial charge is 0.395 e. The standard InChI is InChI=1S/C8H10N4O3/c1-11-7(14)5-6(10-8(11)15)9-4-12(5)2-3-13/h4,13H,2-3H2,1H3,(H,10,15). The van der Waals surface area contributed by atoms with Crippen LogP contribution in [0.2, 0.25) is 0 Å². The third-order valence-electron chi connectivity index (χ3n) is 2.22. The lowest BCUT2D eigenvalue weighted by atomic mass is 10.5. The maximum atomic E-state index is 11.7. The summed E-state index contributed by atoms with van der Waals surface area (Å²) in [7, 11) is 1.39. The van der Waals surface area contributed by atoms with Crippen molar-refractivity contribution in [1.29, 1.82) is 0 Å².